The predicted octanol–water partition coefficient (Wildman–Crippen LogP) is 1.68. The number of aromatic nitrogens is 2. The van der Waals surface area contributed by atoms with Gasteiger partial charge in [0.25, 0.3) is 5.89 Å². The van der Waals surface area contributed by atoms with Crippen molar-refractivity contribution in [2.75, 3.05) is 0 Å². The summed E-state index contributed by atoms with van der Waals surface area (Å²) in [5.41, 5.74) is -1.06. The third-order valence-electron chi connectivity index (χ3n) is 4.56. The summed E-state index contributed by atoms with van der Waals surface area (Å²) in [6.45, 7) is 1.70. The van der Waals surface area contributed by atoms with Crippen molar-refractivity contribution in [3.8, 4) is 0 Å². The van der Waals surface area contributed by atoms with Gasteiger partial charge in [-0.1, -0.05) is 24.4 Å². The highest BCUT2D eigenvalue weighted by Crippen LogP contribution is 2.44. The van der Waals surface area contributed by atoms with E-state index in [2.05, 4.69) is 15.5 Å². The molecule has 0 bridgehead atoms. The summed E-state index contributed by atoms with van der Waals surface area (Å²) in [7, 11) is 0. The van der Waals surface area contributed by atoms with Gasteiger partial charge in [-0.15, -0.1) is 0 Å². The second-order valence-corrected chi connectivity index (χ2v) is 6.52. The van der Waals surface area contributed by atoms with Crippen molar-refractivity contribution < 1.29 is 14.4 Å². The Bertz CT molecular complexity index is 502. The van der Waals surface area contributed by atoms with Crippen LogP contribution in [0.25, 0.3) is 0 Å². The van der Waals surface area contributed by atoms with Crippen molar-refractivity contribution in [1.29, 1.82) is 0 Å². The molecule has 116 valence electrons. The van der Waals surface area contributed by atoms with Crippen molar-refractivity contribution in [3.63, 3.8) is 0 Å². The predicted molar refractivity (Wildman–Crippen MR) is 75.3 cm³/mol. The lowest BCUT2D eigenvalue weighted by Crippen LogP contribution is -2.37. The SMILES string of the molecule is CC(O)(c1nc(CC(=O)NC2CCCCC2)no1)C1CC1. The van der Waals surface area contributed by atoms with E-state index in [1.54, 1.807) is 6.92 Å². The maximum atomic E-state index is 12.0. The molecule has 0 saturated heterocycles. The molecule has 1 aromatic rings. The first-order chi connectivity index (χ1) is 10.1. The maximum Gasteiger partial charge on any atom is 0.258 e. The van der Waals surface area contributed by atoms with E-state index in [9.17, 15) is 9.90 Å². The van der Waals surface area contributed by atoms with Gasteiger partial charge in [0.1, 0.15) is 5.60 Å². The lowest BCUT2D eigenvalue weighted by molar-refractivity contribution is -0.121. The number of carbonyl (C=O) groups is 1. The highest BCUT2D eigenvalue weighted by Gasteiger charge is 2.45. The highest BCUT2D eigenvalue weighted by atomic mass is 16.5. The smallest absolute Gasteiger partial charge is 0.258 e. The fourth-order valence-electron chi connectivity index (χ4n) is 3.02. The third-order valence-corrected chi connectivity index (χ3v) is 4.56. The van der Waals surface area contributed by atoms with E-state index < -0.39 is 5.60 Å². The number of hydrogen-bond donors (Lipinski definition) is 2. The van der Waals surface area contributed by atoms with Crippen molar-refractivity contribution in [2.45, 2.75) is 69.9 Å². The maximum absolute atomic E-state index is 12.0. The highest BCUT2D eigenvalue weighted by molar-refractivity contribution is 5.78. The van der Waals surface area contributed by atoms with Gasteiger partial charge >= 0.3 is 0 Å². The molecule has 2 fully saturated rings. The van der Waals surface area contributed by atoms with Crippen molar-refractivity contribution >= 4 is 5.91 Å². The van der Waals surface area contributed by atoms with Crippen LogP contribution in [0.2, 0.25) is 0 Å². The average Bonchev–Trinajstić information content (AvgIpc) is 3.21. The Kier molecular flexibility index (Phi) is 3.97. The van der Waals surface area contributed by atoms with Crippen molar-refractivity contribution in [2.24, 2.45) is 5.92 Å². The van der Waals surface area contributed by atoms with Gasteiger partial charge in [-0.3, -0.25) is 4.79 Å². The normalized spacial score (nSPS) is 22.8. The monoisotopic (exact) mass is 293 g/mol. The Labute approximate surface area is 124 Å². The van der Waals surface area contributed by atoms with E-state index in [1.807, 2.05) is 0 Å². The Balaban J connectivity index is 1.55. The molecule has 2 N–H and O–H groups in total. The molecule has 21 heavy (non-hydrogen) atoms. The van der Waals surface area contributed by atoms with Crippen LogP contribution in [0, 0.1) is 5.92 Å². The largest absolute Gasteiger partial charge is 0.380 e. The first kappa shape index (κ1) is 14.5. The van der Waals surface area contributed by atoms with Crippen LogP contribution < -0.4 is 5.32 Å². The molecular formula is C15H23N3O3. The molecule has 2 aliphatic carbocycles. The van der Waals surface area contributed by atoms with Crippen molar-refractivity contribution in [3.05, 3.63) is 11.7 Å². The molecule has 0 spiro atoms. The van der Waals surface area contributed by atoms with Gasteiger partial charge < -0.3 is 14.9 Å². The number of rotatable bonds is 5. The van der Waals surface area contributed by atoms with E-state index >= 15 is 0 Å². The fraction of sp³-hybridized carbons (Fsp3) is 0.800. The van der Waals surface area contributed by atoms with Gasteiger partial charge in [0.15, 0.2) is 5.82 Å². The zero-order chi connectivity index (χ0) is 14.9. The van der Waals surface area contributed by atoms with Crippen molar-refractivity contribution in [1.82, 2.24) is 15.5 Å². The van der Waals surface area contributed by atoms with Crippen LogP contribution in [-0.2, 0) is 16.8 Å². The molecule has 1 aromatic heterocycles. The molecule has 1 unspecified atom stereocenters. The Morgan fingerprint density at radius 1 is 1.33 bits per heavy atom. The van der Waals surface area contributed by atoms with Gasteiger partial charge in [0.2, 0.25) is 5.91 Å². The molecule has 6 nitrogen and oxygen atoms in total. The van der Waals surface area contributed by atoms with Crippen LogP contribution in [0.5, 0.6) is 0 Å². The second-order valence-electron chi connectivity index (χ2n) is 6.52. The number of amides is 1. The van der Waals surface area contributed by atoms with E-state index in [0.717, 1.165) is 25.7 Å². The summed E-state index contributed by atoms with van der Waals surface area (Å²) in [5, 5.41) is 17.2. The Morgan fingerprint density at radius 3 is 2.71 bits per heavy atom. The lowest BCUT2D eigenvalue weighted by Gasteiger charge is -2.22. The van der Waals surface area contributed by atoms with Crippen LogP contribution in [-0.4, -0.2) is 27.2 Å². The van der Waals surface area contributed by atoms with Gasteiger partial charge in [-0.25, -0.2) is 0 Å². The van der Waals surface area contributed by atoms with E-state index in [0.29, 0.717) is 5.82 Å². The molecule has 0 aromatic carbocycles. The second kappa shape index (κ2) is 5.75. The Hall–Kier alpha value is -1.43. The average molecular weight is 293 g/mol. The molecular weight excluding hydrogens is 270 g/mol. The molecule has 2 saturated carbocycles. The minimum Gasteiger partial charge on any atom is -0.380 e. The topological polar surface area (TPSA) is 88.3 Å². The summed E-state index contributed by atoms with van der Waals surface area (Å²) in [4.78, 5) is 16.2. The molecule has 0 aliphatic heterocycles. The summed E-state index contributed by atoms with van der Waals surface area (Å²) < 4.78 is 5.13. The van der Waals surface area contributed by atoms with Crippen LogP contribution >= 0.6 is 0 Å². The van der Waals surface area contributed by atoms with Gasteiger partial charge in [-0.05, 0) is 38.5 Å². The van der Waals surface area contributed by atoms with Crippen LogP contribution in [0.4, 0.5) is 0 Å². The molecule has 2 aliphatic rings. The zero-order valence-corrected chi connectivity index (χ0v) is 12.5. The minimum atomic E-state index is -1.06. The zero-order valence-electron chi connectivity index (χ0n) is 12.5. The quantitative estimate of drug-likeness (QED) is 0.862. The first-order valence-electron chi connectivity index (χ1n) is 7.90. The van der Waals surface area contributed by atoms with Crippen LogP contribution in [0.1, 0.15) is 63.6 Å². The molecule has 0 radical (unpaired) electrons. The number of nitrogens with zero attached hydrogens (tertiary/aromatic N) is 2. The van der Waals surface area contributed by atoms with Gasteiger partial charge in [0, 0.05) is 6.04 Å². The van der Waals surface area contributed by atoms with E-state index in [1.165, 1.54) is 19.3 Å². The Morgan fingerprint density at radius 2 is 2.05 bits per heavy atom. The summed E-state index contributed by atoms with van der Waals surface area (Å²) in [6.07, 6.45) is 7.81. The van der Waals surface area contributed by atoms with E-state index in [4.69, 9.17) is 4.52 Å². The number of nitrogens with one attached hydrogen (secondary N) is 1. The molecule has 1 amide bonds. The molecule has 1 atom stereocenters. The first-order valence-corrected chi connectivity index (χ1v) is 7.90. The summed E-state index contributed by atoms with van der Waals surface area (Å²) in [5.74, 6) is 0.701. The lowest BCUT2D eigenvalue weighted by atomic mass is 9.95. The molecule has 6 heteroatoms. The van der Waals surface area contributed by atoms with E-state index in [-0.39, 0.29) is 30.2 Å². The summed E-state index contributed by atoms with van der Waals surface area (Å²) >= 11 is 0. The molecule has 3 rings (SSSR count). The van der Waals surface area contributed by atoms with Gasteiger partial charge in [-0.2, -0.15) is 4.98 Å². The summed E-state index contributed by atoms with van der Waals surface area (Å²) in [6, 6.07) is 0.284. The third kappa shape index (κ3) is 3.43. The van der Waals surface area contributed by atoms with Gasteiger partial charge in [0.05, 0.1) is 6.42 Å². The standard InChI is InChI=1S/C15H23N3O3/c1-15(20,10-7-8-10)14-17-12(18-21-14)9-13(19)16-11-5-3-2-4-6-11/h10-11,20H,2-9H2,1H3,(H,16,19). The molecule has 1 heterocycles. The van der Waals surface area contributed by atoms with Crippen LogP contribution in [0.3, 0.4) is 0 Å². The number of hydrogen-bond acceptors (Lipinski definition) is 5. The minimum absolute atomic E-state index is 0.0692. The fourth-order valence-corrected chi connectivity index (χ4v) is 3.02. The number of aliphatic hydroxyl groups is 1. The van der Waals surface area contributed by atoms with Crippen LogP contribution in [0.15, 0.2) is 4.52 Å². The number of carbonyl (C=O) groups excluding carboxylic acids is 1.